The second kappa shape index (κ2) is 8.45. The largest absolute Gasteiger partial charge is 0.401 e. The maximum atomic E-state index is 6.05. The minimum atomic E-state index is 0.283. The van der Waals surface area contributed by atoms with Gasteiger partial charge in [0.1, 0.15) is 5.82 Å². The SMILES string of the molecule is C=C(N)/N=C\C(=C(/C)N)N1CCN(c2cccc(-c3ccccc3)c2)CC1. The Kier molecular flexibility index (Phi) is 5.81. The number of rotatable bonds is 5. The third-order valence-electron chi connectivity index (χ3n) is 4.70. The molecule has 0 amide bonds. The van der Waals surface area contributed by atoms with Crippen LogP contribution in [0.1, 0.15) is 6.92 Å². The molecule has 1 saturated heterocycles. The lowest BCUT2D eigenvalue weighted by molar-refractivity contribution is 0.334. The van der Waals surface area contributed by atoms with Gasteiger partial charge in [-0.25, -0.2) is 4.99 Å². The Morgan fingerprint density at radius 3 is 2.26 bits per heavy atom. The first-order valence-corrected chi connectivity index (χ1v) is 9.15. The molecule has 140 valence electrons. The fraction of sp³-hybridized carbons (Fsp3) is 0.227. The summed E-state index contributed by atoms with van der Waals surface area (Å²) >= 11 is 0. The van der Waals surface area contributed by atoms with Crippen LogP contribution in [0.3, 0.4) is 0 Å². The highest BCUT2D eigenvalue weighted by atomic mass is 15.3. The average Bonchev–Trinajstić information content (AvgIpc) is 2.69. The molecule has 4 N–H and O–H groups in total. The summed E-state index contributed by atoms with van der Waals surface area (Å²) in [5, 5.41) is 0. The molecule has 1 aliphatic rings. The van der Waals surface area contributed by atoms with E-state index < -0.39 is 0 Å². The van der Waals surface area contributed by atoms with Crippen LogP contribution in [-0.4, -0.2) is 37.3 Å². The van der Waals surface area contributed by atoms with E-state index in [-0.39, 0.29) is 5.82 Å². The van der Waals surface area contributed by atoms with Crippen LogP contribution < -0.4 is 16.4 Å². The van der Waals surface area contributed by atoms with Gasteiger partial charge in [0, 0.05) is 37.6 Å². The Morgan fingerprint density at radius 1 is 0.963 bits per heavy atom. The quantitative estimate of drug-likeness (QED) is 0.803. The zero-order valence-corrected chi connectivity index (χ0v) is 15.8. The van der Waals surface area contributed by atoms with Gasteiger partial charge in [0.15, 0.2) is 0 Å². The number of piperazine rings is 1. The Morgan fingerprint density at radius 2 is 1.63 bits per heavy atom. The molecule has 0 radical (unpaired) electrons. The molecule has 1 aliphatic heterocycles. The van der Waals surface area contributed by atoms with Crippen molar-refractivity contribution in [3.63, 3.8) is 0 Å². The zero-order valence-electron chi connectivity index (χ0n) is 15.8. The lowest BCUT2D eigenvalue weighted by Gasteiger charge is -2.38. The average molecular weight is 361 g/mol. The highest BCUT2D eigenvalue weighted by Gasteiger charge is 2.19. The van der Waals surface area contributed by atoms with Gasteiger partial charge >= 0.3 is 0 Å². The van der Waals surface area contributed by atoms with Gasteiger partial charge in [0.25, 0.3) is 0 Å². The number of anilines is 1. The Balaban J connectivity index is 1.71. The van der Waals surface area contributed by atoms with Crippen molar-refractivity contribution in [3.05, 3.63) is 78.4 Å². The van der Waals surface area contributed by atoms with Crippen molar-refractivity contribution >= 4 is 11.9 Å². The molecule has 27 heavy (non-hydrogen) atoms. The van der Waals surface area contributed by atoms with Crippen LogP contribution in [0.15, 0.2) is 83.4 Å². The highest BCUT2D eigenvalue weighted by Crippen LogP contribution is 2.25. The van der Waals surface area contributed by atoms with E-state index in [2.05, 4.69) is 69.9 Å². The van der Waals surface area contributed by atoms with Gasteiger partial charge in [-0.2, -0.15) is 0 Å². The van der Waals surface area contributed by atoms with E-state index in [4.69, 9.17) is 11.5 Å². The Bertz CT molecular complexity index is 842. The highest BCUT2D eigenvalue weighted by molar-refractivity contribution is 5.79. The molecule has 0 aliphatic carbocycles. The fourth-order valence-electron chi connectivity index (χ4n) is 3.30. The molecule has 0 atom stereocenters. The van der Waals surface area contributed by atoms with Crippen LogP contribution >= 0.6 is 0 Å². The molecule has 0 aromatic heterocycles. The molecular formula is C22H27N5. The summed E-state index contributed by atoms with van der Waals surface area (Å²) < 4.78 is 0. The number of nitrogens with two attached hydrogens (primary N) is 2. The van der Waals surface area contributed by atoms with Crippen LogP contribution in [0.5, 0.6) is 0 Å². The molecule has 1 fully saturated rings. The molecule has 3 rings (SSSR count). The van der Waals surface area contributed by atoms with Crippen LogP contribution in [0.4, 0.5) is 5.69 Å². The van der Waals surface area contributed by atoms with Crippen LogP contribution in [0, 0.1) is 0 Å². The van der Waals surface area contributed by atoms with E-state index in [9.17, 15) is 0 Å². The van der Waals surface area contributed by atoms with Crippen LogP contribution in [0.25, 0.3) is 11.1 Å². The maximum absolute atomic E-state index is 6.05. The molecule has 2 aromatic carbocycles. The Hall–Kier alpha value is -3.21. The summed E-state index contributed by atoms with van der Waals surface area (Å²) in [6.07, 6.45) is 1.71. The van der Waals surface area contributed by atoms with Crippen LogP contribution in [-0.2, 0) is 0 Å². The van der Waals surface area contributed by atoms with E-state index in [0.717, 1.165) is 37.6 Å². The van der Waals surface area contributed by atoms with Crippen molar-refractivity contribution in [2.24, 2.45) is 16.5 Å². The van der Waals surface area contributed by atoms with Crippen molar-refractivity contribution in [1.82, 2.24) is 4.90 Å². The predicted octanol–water partition coefficient (Wildman–Crippen LogP) is 3.17. The third-order valence-corrected chi connectivity index (χ3v) is 4.70. The normalized spacial score (nSPS) is 15.7. The lowest BCUT2D eigenvalue weighted by Crippen LogP contribution is -2.46. The Labute approximate surface area is 161 Å². The van der Waals surface area contributed by atoms with Crippen LogP contribution in [0.2, 0.25) is 0 Å². The summed E-state index contributed by atoms with van der Waals surface area (Å²) in [5.74, 6) is 0.283. The van der Waals surface area contributed by atoms with E-state index in [1.54, 1.807) is 6.21 Å². The number of allylic oxidation sites excluding steroid dienone is 2. The molecule has 0 bridgehead atoms. The number of aliphatic imine (C=N–C) groups is 1. The molecule has 2 aromatic rings. The molecule has 5 heteroatoms. The summed E-state index contributed by atoms with van der Waals surface area (Å²) in [7, 11) is 0. The first kappa shape index (κ1) is 18.6. The van der Waals surface area contributed by atoms with Crippen molar-refractivity contribution in [3.8, 4) is 11.1 Å². The number of benzene rings is 2. The van der Waals surface area contributed by atoms with E-state index in [0.29, 0.717) is 0 Å². The maximum Gasteiger partial charge on any atom is 0.116 e. The molecular weight excluding hydrogens is 334 g/mol. The van der Waals surface area contributed by atoms with Gasteiger partial charge < -0.3 is 21.3 Å². The van der Waals surface area contributed by atoms with Gasteiger partial charge in [-0.05, 0) is 30.2 Å². The number of hydrogen-bond acceptors (Lipinski definition) is 5. The fourth-order valence-corrected chi connectivity index (χ4v) is 3.30. The van der Waals surface area contributed by atoms with E-state index >= 15 is 0 Å². The first-order valence-electron chi connectivity index (χ1n) is 9.15. The van der Waals surface area contributed by atoms with Gasteiger partial charge in [0.2, 0.25) is 0 Å². The second-order valence-corrected chi connectivity index (χ2v) is 6.71. The number of nitrogens with zero attached hydrogens (tertiary/aromatic N) is 3. The van der Waals surface area contributed by atoms with Crippen molar-refractivity contribution in [1.29, 1.82) is 0 Å². The van der Waals surface area contributed by atoms with Gasteiger partial charge in [-0.3, -0.25) is 0 Å². The second-order valence-electron chi connectivity index (χ2n) is 6.71. The standard InChI is InChI=1S/C22H27N5/c1-17(23)22(16-25-18(2)24)27-13-11-26(12-14-27)21-10-6-9-20(15-21)19-7-4-3-5-8-19/h3-10,15-16H,2,11-14,23-24H2,1H3/b22-17-,25-16-. The lowest BCUT2D eigenvalue weighted by atomic mass is 10.0. The number of hydrogen-bond donors (Lipinski definition) is 2. The van der Waals surface area contributed by atoms with Crippen molar-refractivity contribution in [2.45, 2.75) is 6.92 Å². The summed E-state index contributed by atoms with van der Waals surface area (Å²) in [5.41, 5.74) is 17.0. The minimum absolute atomic E-state index is 0.283. The molecule has 0 saturated carbocycles. The van der Waals surface area contributed by atoms with Gasteiger partial charge in [0.05, 0.1) is 11.9 Å². The minimum Gasteiger partial charge on any atom is -0.401 e. The first-order chi connectivity index (χ1) is 13.0. The topological polar surface area (TPSA) is 70.9 Å². The van der Waals surface area contributed by atoms with Crippen molar-refractivity contribution < 1.29 is 0 Å². The predicted molar refractivity (Wildman–Crippen MR) is 114 cm³/mol. The smallest absolute Gasteiger partial charge is 0.116 e. The van der Waals surface area contributed by atoms with Gasteiger partial charge in [-0.15, -0.1) is 0 Å². The third kappa shape index (κ3) is 4.70. The monoisotopic (exact) mass is 361 g/mol. The molecule has 0 spiro atoms. The zero-order chi connectivity index (χ0) is 19.2. The summed E-state index contributed by atoms with van der Waals surface area (Å²) in [4.78, 5) is 8.77. The molecule has 0 unspecified atom stereocenters. The summed E-state index contributed by atoms with van der Waals surface area (Å²) in [6.45, 7) is 9.09. The van der Waals surface area contributed by atoms with Gasteiger partial charge in [-0.1, -0.05) is 49.0 Å². The molecule has 5 nitrogen and oxygen atoms in total. The molecule has 1 heterocycles. The summed E-state index contributed by atoms with van der Waals surface area (Å²) in [6, 6.07) is 19.2. The van der Waals surface area contributed by atoms with E-state index in [1.165, 1.54) is 16.8 Å². The van der Waals surface area contributed by atoms with E-state index in [1.807, 2.05) is 13.0 Å². The van der Waals surface area contributed by atoms with Crippen molar-refractivity contribution in [2.75, 3.05) is 31.1 Å².